The minimum Gasteiger partial charge on any atom is -0.385 e. The molecule has 1 amide bonds. The molecule has 1 aromatic carbocycles. The zero-order valence-electron chi connectivity index (χ0n) is 15.4. The average molecular weight is 366 g/mol. The number of hydrogen-bond acceptors (Lipinski definition) is 3. The molecule has 3 unspecified atom stereocenters. The highest BCUT2D eigenvalue weighted by atomic mass is 35.5. The first-order valence-electron chi connectivity index (χ1n) is 8.84. The number of ketones is 1. The number of rotatable bonds is 6. The lowest BCUT2D eigenvalue weighted by Crippen LogP contribution is -2.51. The third-order valence-corrected chi connectivity index (χ3v) is 5.93. The summed E-state index contributed by atoms with van der Waals surface area (Å²) in [6.07, 6.45) is 2.28. The Balaban J connectivity index is 2.23. The number of nitrogens with one attached hydrogen (secondary N) is 1. The fourth-order valence-corrected chi connectivity index (χ4v) is 4.17. The van der Waals surface area contributed by atoms with E-state index in [0.717, 1.165) is 5.56 Å². The second kappa shape index (κ2) is 7.46. The molecule has 1 aliphatic carbocycles. The fourth-order valence-electron chi connectivity index (χ4n) is 4.04. The lowest BCUT2D eigenvalue weighted by atomic mass is 9.58. The minimum atomic E-state index is -1.00. The van der Waals surface area contributed by atoms with Gasteiger partial charge in [0.15, 0.2) is 5.78 Å². The van der Waals surface area contributed by atoms with E-state index in [9.17, 15) is 14.7 Å². The number of halogens is 1. The molecule has 0 aliphatic heterocycles. The van der Waals surface area contributed by atoms with E-state index in [-0.39, 0.29) is 17.6 Å². The van der Waals surface area contributed by atoms with Gasteiger partial charge in [-0.15, -0.1) is 0 Å². The van der Waals surface area contributed by atoms with Crippen molar-refractivity contribution in [3.05, 3.63) is 34.9 Å². The van der Waals surface area contributed by atoms with Gasteiger partial charge in [-0.1, -0.05) is 51.4 Å². The van der Waals surface area contributed by atoms with Crippen molar-refractivity contribution in [2.75, 3.05) is 0 Å². The molecule has 0 heterocycles. The first-order chi connectivity index (χ1) is 11.6. The molecule has 1 aromatic rings. The molecule has 0 aromatic heterocycles. The van der Waals surface area contributed by atoms with Crippen LogP contribution in [0.25, 0.3) is 0 Å². The van der Waals surface area contributed by atoms with Crippen LogP contribution in [0.15, 0.2) is 24.3 Å². The van der Waals surface area contributed by atoms with Crippen molar-refractivity contribution >= 4 is 23.8 Å². The molecule has 0 bridgehead atoms. The molecular formula is C20H28ClNO3. The molecule has 1 aliphatic rings. The summed E-state index contributed by atoms with van der Waals surface area (Å²) in [6.45, 7) is 7.85. The molecular weight excluding hydrogens is 338 g/mol. The Bertz CT molecular complexity index is 626. The summed E-state index contributed by atoms with van der Waals surface area (Å²) in [7, 11) is 0. The highest BCUT2D eigenvalue weighted by Crippen LogP contribution is 2.52. The van der Waals surface area contributed by atoms with Gasteiger partial charge >= 0.3 is 0 Å². The van der Waals surface area contributed by atoms with Crippen molar-refractivity contribution in [2.45, 2.75) is 58.6 Å². The van der Waals surface area contributed by atoms with Gasteiger partial charge in [-0.05, 0) is 48.3 Å². The molecule has 3 atom stereocenters. The smallest absolute Gasteiger partial charge is 0.207 e. The molecule has 2 rings (SSSR count). The summed E-state index contributed by atoms with van der Waals surface area (Å²) in [4.78, 5) is 23.7. The summed E-state index contributed by atoms with van der Waals surface area (Å²) in [5, 5.41) is 14.7. The minimum absolute atomic E-state index is 0.0397. The molecule has 4 nitrogen and oxygen atoms in total. The first kappa shape index (κ1) is 19.9. The predicted octanol–water partition coefficient (Wildman–Crippen LogP) is 3.69. The van der Waals surface area contributed by atoms with Gasteiger partial charge in [0, 0.05) is 10.9 Å². The van der Waals surface area contributed by atoms with Crippen molar-refractivity contribution < 1.29 is 14.7 Å². The molecule has 1 saturated carbocycles. The van der Waals surface area contributed by atoms with E-state index >= 15 is 0 Å². The Morgan fingerprint density at radius 3 is 2.40 bits per heavy atom. The molecule has 138 valence electrons. The van der Waals surface area contributed by atoms with Crippen LogP contribution in [0.3, 0.4) is 0 Å². The van der Waals surface area contributed by atoms with E-state index in [4.69, 9.17) is 11.6 Å². The third kappa shape index (κ3) is 3.90. The number of carbonyl (C=O) groups excluding carboxylic acids is 2. The molecule has 0 radical (unpaired) electrons. The number of carbonyl (C=O) groups is 2. The number of benzene rings is 1. The van der Waals surface area contributed by atoms with Gasteiger partial charge in [-0.3, -0.25) is 9.59 Å². The third-order valence-electron chi connectivity index (χ3n) is 5.68. The van der Waals surface area contributed by atoms with E-state index in [2.05, 4.69) is 5.32 Å². The zero-order chi connectivity index (χ0) is 18.8. The van der Waals surface area contributed by atoms with Crippen LogP contribution in [0.5, 0.6) is 0 Å². The van der Waals surface area contributed by atoms with E-state index in [0.29, 0.717) is 30.7 Å². The van der Waals surface area contributed by atoms with Gasteiger partial charge in [-0.25, -0.2) is 0 Å². The van der Waals surface area contributed by atoms with Crippen LogP contribution in [0.2, 0.25) is 5.02 Å². The predicted molar refractivity (Wildman–Crippen MR) is 99.3 cm³/mol. The molecule has 25 heavy (non-hydrogen) atoms. The van der Waals surface area contributed by atoms with Crippen LogP contribution in [0, 0.1) is 17.3 Å². The van der Waals surface area contributed by atoms with Crippen LogP contribution < -0.4 is 5.32 Å². The highest BCUT2D eigenvalue weighted by molar-refractivity contribution is 6.30. The summed E-state index contributed by atoms with van der Waals surface area (Å²) in [5.41, 5.74) is -0.638. The van der Waals surface area contributed by atoms with Crippen LogP contribution in [0.4, 0.5) is 0 Å². The van der Waals surface area contributed by atoms with Crippen molar-refractivity contribution in [1.29, 1.82) is 0 Å². The second-order valence-corrected chi connectivity index (χ2v) is 8.54. The van der Waals surface area contributed by atoms with Crippen molar-refractivity contribution in [3.63, 3.8) is 0 Å². The Kier molecular flexibility index (Phi) is 5.95. The number of Topliss-reactive ketones (excluding diaryl/α,β-unsaturated/α-hetero) is 1. The Labute approximate surface area is 155 Å². The van der Waals surface area contributed by atoms with Crippen molar-refractivity contribution in [3.8, 4) is 0 Å². The fraction of sp³-hybridized carbons (Fsp3) is 0.600. The van der Waals surface area contributed by atoms with E-state index in [1.54, 1.807) is 12.1 Å². The maximum atomic E-state index is 12.9. The van der Waals surface area contributed by atoms with Gasteiger partial charge < -0.3 is 10.4 Å². The van der Waals surface area contributed by atoms with Gasteiger partial charge in [0.1, 0.15) is 0 Å². The molecule has 0 spiro atoms. The van der Waals surface area contributed by atoms with Gasteiger partial charge in [0.2, 0.25) is 6.41 Å². The highest BCUT2D eigenvalue weighted by Gasteiger charge is 2.51. The summed E-state index contributed by atoms with van der Waals surface area (Å²) in [5.74, 6) is -0.0614. The quantitative estimate of drug-likeness (QED) is 0.755. The Morgan fingerprint density at radius 2 is 1.92 bits per heavy atom. The molecule has 2 N–H and O–H groups in total. The molecule has 5 heteroatoms. The molecule has 1 fully saturated rings. The lowest BCUT2D eigenvalue weighted by molar-refractivity contribution is -0.143. The number of amides is 1. The summed E-state index contributed by atoms with van der Waals surface area (Å²) in [6, 6.07) is 6.81. The largest absolute Gasteiger partial charge is 0.385 e. The van der Waals surface area contributed by atoms with E-state index < -0.39 is 17.1 Å². The van der Waals surface area contributed by atoms with Crippen LogP contribution in [0.1, 0.15) is 52.5 Å². The maximum absolute atomic E-state index is 12.9. The Hall–Kier alpha value is -1.39. The van der Waals surface area contributed by atoms with E-state index in [1.807, 2.05) is 39.8 Å². The Morgan fingerprint density at radius 1 is 1.32 bits per heavy atom. The summed E-state index contributed by atoms with van der Waals surface area (Å²) >= 11 is 5.96. The van der Waals surface area contributed by atoms with Crippen LogP contribution in [-0.4, -0.2) is 23.3 Å². The van der Waals surface area contributed by atoms with Gasteiger partial charge in [0.25, 0.3) is 0 Å². The van der Waals surface area contributed by atoms with Crippen LogP contribution >= 0.6 is 11.6 Å². The van der Waals surface area contributed by atoms with Crippen LogP contribution in [-0.2, 0) is 15.2 Å². The first-order valence-corrected chi connectivity index (χ1v) is 9.22. The normalized spacial score (nSPS) is 26.9. The SMILES string of the molecule is CC(C)C(NC=O)C(=O)C1CCC(O)(c2ccc(Cl)cc2)C(C)(C)C1. The van der Waals surface area contributed by atoms with Crippen molar-refractivity contribution in [2.24, 2.45) is 17.3 Å². The van der Waals surface area contributed by atoms with E-state index in [1.165, 1.54) is 0 Å². The summed E-state index contributed by atoms with van der Waals surface area (Å²) < 4.78 is 0. The van der Waals surface area contributed by atoms with Gasteiger partial charge in [0.05, 0.1) is 11.6 Å². The lowest BCUT2D eigenvalue weighted by Gasteiger charge is -2.49. The zero-order valence-corrected chi connectivity index (χ0v) is 16.1. The standard InChI is InChI=1S/C20H28ClNO3/c1-13(2)17(22-12-23)18(24)14-9-10-20(25,19(3,4)11-14)15-5-7-16(21)8-6-15/h5-8,12-14,17,25H,9-11H2,1-4H3,(H,22,23). The topological polar surface area (TPSA) is 66.4 Å². The number of hydrogen-bond donors (Lipinski definition) is 2. The number of aliphatic hydroxyl groups is 1. The monoisotopic (exact) mass is 365 g/mol. The second-order valence-electron chi connectivity index (χ2n) is 8.10. The maximum Gasteiger partial charge on any atom is 0.207 e. The van der Waals surface area contributed by atoms with Gasteiger partial charge in [-0.2, -0.15) is 0 Å². The average Bonchev–Trinajstić information content (AvgIpc) is 2.54. The molecule has 0 saturated heterocycles. The van der Waals surface area contributed by atoms with Crippen molar-refractivity contribution in [1.82, 2.24) is 5.32 Å².